The number of ether oxygens (including phenoxy) is 1. The lowest BCUT2D eigenvalue weighted by Crippen LogP contribution is -2.04. The largest absolute Gasteiger partial charge is 0.493 e. The molecule has 0 radical (unpaired) electrons. The van der Waals surface area contributed by atoms with E-state index in [-0.39, 0.29) is 5.78 Å². The van der Waals surface area contributed by atoms with Crippen molar-refractivity contribution in [2.75, 3.05) is 6.61 Å². The summed E-state index contributed by atoms with van der Waals surface area (Å²) in [7, 11) is 0. The van der Waals surface area contributed by atoms with Gasteiger partial charge in [0.25, 0.3) is 0 Å². The van der Waals surface area contributed by atoms with Crippen LogP contribution >= 0.6 is 11.6 Å². The van der Waals surface area contributed by atoms with Crippen LogP contribution in [0.25, 0.3) is 10.9 Å². The zero-order valence-electron chi connectivity index (χ0n) is 11.5. The predicted molar refractivity (Wildman–Crippen MR) is 84.4 cm³/mol. The molecular weight excluding hydrogens is 286 g/mol. The van der Waals surface area contributed by atoms with Crippen LogP contribution in [0, 0.1) is 0 Å². The SMILES string of the molecule is CCOc1ccccc1C(=O)c1c[nH]c2ccc(Cl)cc12. The van der Waals surface area contributed by atoms with Gasteiger partial charge in [-0.15, -0.1) is 0 Å². The first-order chi connectivity index (χ1) is 10.2. The van der Waals surface area contributed by atoms with Crippen LogP contribution in [0.1, 0.15) is 22.8 Å². The minimum Gasteiger partial charge on any atom is -0.493 e. The molecule has 3 nitrogen and oxygen atoms in total. The molecule has 4 heteroatoms. The number of hydrogen-bond acceptors (Lipinski definition) is 2. The number of hydrogen-bond donors (Lipinski definition) is 1. The number of aromatic amines is 1. The summed E-state index contributed by atoms with van der Waals surface area (Å²) in [5, 5.41) is 1.42. The molecule has 0 aliphatic carbocycles. The highest BCUT2D eigenvalue weighted by Crippen LogP contribution is 2.27. The van der Waals surface area contributed by atoms with E-state index in [2.05, 4.69) is 4.98 Å². The molecule has 0 saturated carbocycles. The second kappa shape index (κ2) is 5.62. The standard InChI is InChI=1S/C17H14ClNO2/c1-2-21-16-6-4-3-5-12(16)17(20)14-10-19-15-8-7-11(18)9-13(14)15/h3-10,19H,2H2,1H3. The molecule has 1 aromatic heterocycles. The molecule has 3 rings (SSSR count). The molecule has 0 atom stereocenters. The van der Waals surface area contributed by atoms with Gasteiger partial charge in [0.05, 0.1) is 12.2 Å². The van der Waals surface area contributed by atoms with Crippen LogP contribution in [-0.4, -0.2) is 17.4 Å². The Labute approximate surface area is 127 Å². The number of ketones is 1. The summed E-state index contributed by atoms with van der Waals surface area (Å²) in [5.41, 5.74) is 2.04. The number of carbonyl (C=O) groups is 1. The van der Waals surface area contributed by atoms with Crippen molar-refractivity contribution < 1.29 is 9.53 Å². The third-order valence-corrected chi connectivity index (χ3v) is 3.56. The zero-order valence-corrected chi connectivity index (χ0v) is 12.3. The van der Waals surface area contributed by atoms with Gasteiger partial charge < -0.3 is 9.72 Å². The van der Waals surface area contributed by atoms with Crippen molar-refractivity contribution in [2.24, 2.45) is 0 Å². The average Bonchev–Trinajstić information content (AvgIpc) is 2.90. The fourth-order valence-corrected chi connectivity index (χ4v) is 2.53. The maximum atomic E-state index is 12.8. The monoisotopic (exact) mass is 299 g/mol. The number of aromatic nitrogens is 1. The molecule has 0 bridgehead atoms. The molecule has 0 spiro atoms. The first-order valence-electron chi connectivity index (χ1n) is 6.74. The van der Waals surface area contributed by atoms with Gasteiger partial charge in [0.15, 0.2) is 5.78 Å². The van der Waals surface area contributed by atoms with Crippen LogP contribution in [0.5, 0.6) is 5.75 Å². The van der Waals surface area contributed by atoms with Gasteiger partial charge in [-0.25, -0.2) is 0 Å². The normalized spacial score (nSPS) is 10.8. The van der Waals surface area contributed by atoms with Gasteiger partial charge in [-0.05, 0) is 37.3 Å². The number of H-pyrrole nitrogens is 1. The van der Waals surface area contributed by atoms with Gasteiger partial charge >= 0.3 is 0 Å². The molecule has 2 aromatic carbocycles. The number of fused-ring (bicyclic) bond motifs is 1. The smallest absolute Gasteiger partial charge is 0.198 e. The minimum absolute atomic E-state index is 0.0763. The van der Waals surface area contributed by atoms with E-state index < -0.39 is 0 Å². The van der Waals surface area contributed by atoms with Crippen LogP contribution in [0.3, 0.4) is 0 Å². The van der Waals surface area contributed by atoms with Gasteiger partial charge in [-0.1, -0.05) is 23.7 Å². The topological polar surface area (TPSA) is 42.1 Å². The van der Waals surface area contributed by atoms with E-state index >= 15 is 0 Å². The number of rotatable bonds is 4. The maximum absolute atomic E-state index is 12.8. The van der Waals surface area contributed by atoms with E-state index in [0.29, 0.717) is 28.5 Å². The van der Waals surface area contributed by atoms with Crippen molar-refractivity contribution >= 4 is 28.3 Å². The molecule has 21 heavy (non-hydrogen) atoms. The van der Waals surface area contributed by atoms with Crippen molar-refractivity contribution in [3.8, 4) is 5.75 Å². The van der Waals surface area contributed by atoms with E-state index in [9.17, 15) is 4.79 Å². The van der Waals surface area contributed by atoms with Gasteiger partial charge in [0, 0.05) is 27.7 Å². The molecule has 0 saturated heterocycles. The average molecular weight is 300 g/mol. The van der Waals surface area contributed by atoms with Crippen molar-refractivity contribution in [2.45, 2.75) is 6.92 Å². The second-order valence-electron chi connectivity index (χ2n) is 4.65. The van der Waals surface area contributed by atoms with Gasteiger partial charge in [0.2, 0.25) is 0 Å². The van der Waals surface area contributed by atoms with Crippen LogP contribution in [0.4, 0.5) is 0 Å². The lowest BCUT2D eigenvalue weighted by molar-refractivity contribution is 0.103. The molecular formula is C17H14ClNO2. The Kier molecular flexibility index (Phi) is 3.67. The minimum atomic E-state index is -0.0763. The Morgan fingerprint density at radius 1 is 1.19 bits per heavy atom. The molecule has 1 heterocycles. The summed E-state index contributed by atoms with van der Waals surface area (Å²) in [5.74, 6) is 0.522. The third-order valence-electron chi connectivity index (χ3n) is 3.32. The fraction of sp³-hybridized carbons (Fsp3) is 0.118. The quantitative estimate of drug-likeness (QED) is 0.723. The molecule has 0 amide bonds. The summed E-state index contributed by atoms with van der Waals surface area (Å²) in [6.07, 6.45) is 1.71. The Hall–Kier alpha value is -2.26. The van der Waals surface area contributed by atoms with E-state index in [1.165, 1.54) is 0 Å². The number of halogens is 1. The first kappa shape index (κ1) is 13.7. The molecule has 0 unspecified atom stereocenters. The zero-order chi connectivity index (χ0) is 14.8. The van der Waals surface area contributed by atoms with E-state index in [1.807, 2.05) is 25.1 Å². The summed E-state index contributed by atoms with van der Waals surface area (Å²) >= 11 is 6.03. The summed E-state index contributed by atoms with van der Waals surface area (Å²) in [6.45, 7) is 2.41. The molecule has 0 aliphatic rings. The van der Waals surface area contributed by atoms with Crippen LogP contribution in [-0.2, 0) is 0 Å². The van der Waals surface area contributed by atoms with Crippen LogP contribution < -0.4 is 4.74 Å². The highest BCUT2D eigenvalue weighted by atomic mass is 35.5. The highest BCUT2D eigenvalue weighted by molar-refractivity contribution is 6.31. The lowest BCUT2D eigenvalue weighted by atomic mass is 10.0. The van der Waals surface area contributed by atoms with Gasteiger partial charge in [0.1, 0.15) is 5.75 Å². The Balaban J connectivity index is 2.11. The predicted octanol–water partition coefficient (Wildman–Crippen LogP) is 4.45. The summed E-state index contributed by atoms with van der Waals surface area (Å²) < 4.78 is 5.53. The summed E-state index contributed by atoms with van der Waals surface area (Å²) in [4.78, 5) is 15.9. The van der Waals surface area contributed by atoms with E-state index in [1.54, 1.807) is 30.5 Å². The van der Waals surface area contributed by atoms with Crippen LogP contribution in [0.2, 0.25) is 5.02 Å². The third kappa shape index (κ3) is 2.52. The lowest BCUT2D eigenvalue weighted by Gasteiger charge is -2.08. The van der Waals surface area contributed by atoms with Gasteiger partial charge in [-0.3, -0.25) is 4.79 Å². The second-order valence-corrected chi connectivity index (χ2v) is 5.09. The molecule has 1 N–H and O–H groups in total. The Bertz CT molecular complexity index is 807. The number of carbonyl (C=O) groups excluding carboxylic acids is 1. The maximum Gasteiger partial charge on any atom is 0.198 e. The molecule has 106 valence electrons. The molecule has 0 aliphatic heterocycles. The Morgan fingerprint density at radius 2 is 2.00 bits per heavy atom. The fourth-order valence-electron chi connectivity index (χ4n) is 2.36. The molecule has 3 aromatic rings. The van der Waals surface area contributed by atoms with E-state index in [0.717, 1.165) is 10.9 Å². The van der Waals surface area contributed by atoms with Gasteiger partial charge in [-0.2, -0.15) is 0 Å². The van der Waals surface area contributed by atoms with Crippen molar-refractivity contribution in [3.05, 3.63) is 64.8 Å². The van der Waals surface area contributed by atoms with Crippen LogP contribution in [0.15, 0.2) is 48.7 Å². The number of benzene rings is 2. The summed E-state index contributed by atoms with van der Waals surface area (Å²) in [6, 6.07) is 12.7. The highest BCUT2D eigenvalue weighted by Gasteiger charge is 2.18. The Morgan fingerprint density at radius 3 is 2.81 bits per heavy atom. The number of nitrogens with one attached hydrogen (secondary N) is 1. The van der Waals surface area contributed by atoms with Crippen molar-refractivity contribution in [1.82, 2.24) is 4.98 Å². The number of para-hydroxylation sites is 1. The van der Waals surface area contributed by atoms with Crippen molar-refractivity contribution in [3.63, 3.8) is 0 Å². The molecule has 0 fully saturated rings. The van der Waals surface area contributed by atoms with E-state index in [4.69, 9.17) is 16.3 Å². The van der Waals surface area contributed by atoms with Crippen molar-refractivity contribution in [1.29, 1.82) is 0 Å². The first-order valence-corrected chi connectivity index (χ1v) is 7.11.